The molecule has 0 atom stereocenters. The molecule has 0 unspecified atom stereocenters. The molecule has 118 valence electrons. The Balaban J connectivity index is 3.06. The fraction of sp³-hybridized carbons (Fsp3) is 0.500. The van der Waals surface area contributed by atoms with Crippen LogP contribution in [0.2, 0.25) is 0 Å². The number of hydrogen-bond donors (Lipinski definition) is 1. The molecule has 21 heavy (non-hydrogen) atoms. The Morgan fingerprint density at radius 3 is 2.43 bits per heavy atom. The monoisotopic (exact) mass is 303 g/mol. The number of benzene rings is 1. The van der Waals surface area contributed by atoms with Crippen molar-refractivity contribution in [1.82, 2.24) is 5.32 Å². The third-order valence-corrected chi connectivity index (χ3v) is 3.10. The first-order valence-electron chi connectivity index (χ1n) is 7.03. The van der Waals surface area contributed by atoms with Gasteiger partial charge in [-0.15, -0.1) is 0 Å². The minimum Gasteiger partial charge on any atom is -0.313 e. The van der Waals surface area contributed by atoms with Crippen LogP contribution in [0.15, 0.2) is 23.8 Å². The number of halogens is 4. The van der Waals surface area contributed by atoms with Crippen molar-refractivity contribution in [3.8, 4) is 0 Å². The Morgan fingerprint density at radius 1 is 1.24 bits per heavy atom. The summed E-state index contributed by atoms with van der Waals surface area (Å²) < 4.78 is 51.4. The fourth-order valence-corrected chi connectivity index (χ4v) is 1.90. The molecule has 0 saturated carbocycles. The average molecular weight is 303 g/mol. The summed E-state index contributed by atoms with van der Waals surface area (Å²) in [5.41, 5.74) is 0.227. The van der Waals surface area contributed by atoms with Crippen LogP contribution in [0.25, 0.3) is 6.08 Å². The summed E-state index contributed by atoms with van der Waals surface area (Å²) in [6.07, 6.45) is -1.93. The van der Waals surface area contributed by atoms with E-state index in [0.29, 0.717) is 12.6 Å². The van der Waals surface area contributed by atoms with Crippen LogP contribution >= 0.6 is 0 Å². The molecule has 1 aromatic rings. The Morgan fingerprint density at radius 2 is 1.90 bits per heavy atom. The Kier molecular flexibility index (Phi) is 6.40. The molecule has 0 spiro atoms. The van der Waals surface area contributed by atoms with Crippen molar-refractivity contribution in [2.24, 2.45) is 5.92 Å². The lowest BCUT2D eigenvalue weighted by molar-refractivity contribution is -0.137. The van der Waals surface area contributed by atoms with Crippen LogP contribution in [-0.4, -0.2) is 13.1 Å². The quantitative estimate of drug-likeness (QED) is 0.583. The largest absolute Gasteiger partial charge is 0.416 e. The second-order valence-corrected chi connectivity index (χ2v) is 5.32. The molecule has 0 aromatic heterocycles. The smallest absolute Gasteiger partial charge is 0.313 e. The van der Waals surface area contributed by atoms with Crippen molar-refractivity contribution in [3.05, 3.63) is 40.7 Å². The van der Waals surface area contributed by atoms with Gasteiger partial charge in [-0.3, -0.25) is 0 Å². The summed E-state index contributed by atoms with van der Waals surface area (Å²) in [7, 11) is 0. The third-order valence-electron chi connectivity index (χ3n) is 3.10. The summed E-state index contributed by atoms with van der Waals surface area (Å²) in [6.45, 7) is 7.38. The van der Waals surface area contributed by atoms with Gasteiger partial charge in [-0.25, -0.2) is 4.39 Å². The molecule has 1 N–H and O–H groups in total. The van der Waals surface area contributed by atoms with E-state index in [4.69, 9.17) is 0 Å². The highest BCUT2D eigenvalue weighted by molar-refractivity contribution is 5.55. The molecule has 0 fully saturated rings. The third kappa shape index (κ3) is 5.87. The first-order valence-corrected chi connectivity index (χ1v) is 7.03. The Labute approximate surface area is 123 Å². The second kappa shape index (κ2) is 7.59. The summed E-state index contributed by atoms with van der Waals surface area (Å²) >= 11 is 0. The minimum atomic E-state index is -4.54. The van der Waals surface area contributed by atoms with Gasteiger partial charge in [-0.2, -0.15) is 13.2 Å². The normalized spacial score (nSPS) is 13.0. The molecule has 0 amide bonds. The lowest BCUT2D eigenvalue weighted by Gasteiger charge is -2.13. The first kappa shape index (κ1) is 17.7. The van der Waals surface area contributed by atoms with E-state index < -0.39 is 17.6 Å². The van der Waals surface area contributed by atoms with Crippen LogP contribution in [0.5, 0.6) is 0 Å². The SMILES string of the molecule is CCCNC/C(=C/c1cc(F)cc(C(F)(F)F)c1)C(C)C. The van der Waals surface area contributed by atoms with Crippen molar-refractivity contribution in [2.45, 2.75) is 33.4 Å². The zero-order valence-corrected chi connectivity index (χ0v) is 12.5. The molecule has 5 heteroatoms. The van der Waals surface area contributed by atoms with Crippen LogP contribution in [-0.2, 0) is 6.18 Å². The molecular formula is C16H21F4N. The molecule has 0 aliphatic rings. The fourth-order valence-electron chi connectivity index (χ4n) is 1.90. The molecule has 1 aromatic carbocycles. The summed E-state index contributed by atoms with van der Waals surface area (Å²) in [4.78, 5) is 0. The van der Waals surface area contributed by atoms with Crippen molar-refractivity contribution < 1.29 is 17.6 Å². The molecule has 0 aliphatic carbocycles. The van der Waals surface area contributed by atoms with E-state index in [1.807, 2.05) is 20.8 Å². The lowest BCUT2D eigenvalue weighted by Crippen LogP contribution is -2.20. The zero-order chi connectivity index (χ0) is 16.0. The first-order chi connectivity index (χ1) is 9.74. The minimum absolute atomic E-state index is 0.173. The Bertz CT molecular complexity index is 490. The van der Waals surface area contributed by atoms with E-state index in [9.17, 15) is 17.6 Å². The summed E-state index contributed by atoms with van der Waals surface area (Å²) in [5, 5.41) is 3.21. The molecule has 0 aliphatic heterocycles. The number of rotatable bonds is 6. The van der Waals surface area contributed by atoms with Gasteiger partial charge in [-0.1, -0.05) is 32.4 Å². The lowest BCUT2D eigenvalue weighted by atomic mass is 9.99. The van der Waals surface area contributed by atoms with E-state index in [1.54, 1.807) is 6.08 Å². The second-order valence-electron chi connectivity index (χ2n) is 5.32. The number of nitrogens with one attached hydrogen (secondary N) is 1. The van der Waals surface area contributed by atoms with Crippen LogP contribution < -0.4 is 5.32 Å². The van der Waals surface area contributed by atoms with Gasteiger partial charge in [0.1, 0.15) is 5.82 Å². The van der Waals surface area contributed by atoms with E-state index >= 15 is 0 Å². The van der Waals surface area contributed by atoms with Gasteiger partial charge in [0.15, 0.2) is 0 Å². The number of hydrogen-bond acceptors (Lipinski definition) is 1. The molecule has 1 nitrogen and oxygen atoms in total. The van der Waals surface area contributed by atoms with Crippen molar-refractivity contribution in [3.63, 3.8) is 0 Å². The van der Waals surface area contributed by atoms with Crippen molar-refractivity contribution in [1.29, 1.82) is 0 Å². The van der Waals surface area contributed by atoms with Gasteiger partial charge < -0.3 is 5.32 Å². The van der Waals surface area contributed by atoms with E-state index in [1.165, 1.54) is 0 Å². The highest BCUT2D eigenvalue weighted by Gasteiger charge is 2.31. The van der Waals surface area contributed by atoms with Crippen LogP contribution in [0, 0.1) is 11.7 Å². The highest BCUT2D eigenvalue weighted by atomic mass is 19.4. The van der Waals surface area contributed by atoms with Gasteiger partial charge in [0.2, 0.25) is 0 Å². The predicted octanol–water partition coefficient (Wildman–Crippen LogP) is 4.88. The molecular weight excluding hydrogens is 282 g/mol. The van der Waals surface area contributed by atoms with Gasteiger partial charge in [0.05, 0.1) is 5.56 Å². The van der Waals surface area contributed by atoms with Crippen molar-refractivity contribution >= 4 is 6.08 Å². The predicted molar refractivity (Wildman–Crippen MR) is 77.4 cm³/mol. The van der Waals surface area contributed by atoms with Gasteiger partial charge in [0.25, 0.3) is 0 Å². The van der Waals surface area contributed by atoms with E-state index in [0.717, 1.165) is 30.7 Å². The molecule has 0 heterocycles. The summed E-state index contributed by atoms with van der Waals surface area (Å²) in [6, 6.07) is 2.62. The molecule has 1 rings (SSSR count). The van der Waals surface area contributed by atoms with E-state index in [-0.39, 0.29) is 11.5 Å². The van der Waals surface area contributed by atoms with Crippen LogP contribution in [0.1, 0.15) is 38.3 Å². The topological polar surface area (TPSA) is 12.0 Å². The van der Waals surface area contributed by atoms with Gasteiger partial charge in [0, 0.05) is 6.54 Å². The van der Waals surface area contributed by atoms with Crippen LogP contribution in [0.4, 0.5) is 17.6 Å². The maximum atomic E-state index is 13.4. The van der Waals surface area contributed by atoms with E-state index in [2.05, 4.69) is 5.32 Å². The Hall–Kier alpha value is -1.36. The molecule has 0 saturated heterocycles. The highest BCUT2D eigenvalue weighted by Crippen LogP contribution is 2.31. The average Bonchev–Trinajstić information content (AvgIpc) is 2.36. The van der Waals surface area contributed by atoms with Crippen LogP contribution in [0.3, 0.4) is 0 Å². The zero-order valence-electron chi connectivity index (χ0n) is 12.5. The van der Waals surface area contributed by atoms with Gasteiger partial charge in [-0.05, 0) is 42.6 Å². The maximum absolute atomic E-state index is 13.4. The number of alkyl halides is 3. The standard InChI is InChI=1S/C16H21F4N/c1-4-5-21-10-13(11(2)3)6-12-7-14(16(18,19)20)9-15(17)8-12/h6-9,11,21H,4-5,10H2,1-3H3/b13-6-. The van der Waals surface area contributed by atoms with Crippen molar-refractivity contribution in [2.75, 3.05) is 13.1 Å². The van der Waals surface area contributed by atoms with Gasteiger partial charge >= 0.3 is 6.18 Å². The molecule has 0 radical (unpaired) electrons. The maximum Gasteiger partial charge on any atom is 0.416 e. The molecule has 0 bridgehead atoms. The summed E-state index contributed by atoms with van der Waals surface area (Å²) in [5.74, 6) is -0.701.